The van der Waals surface area contributed by atoms with E-state index in [0.29, 0.717) is 22.0 Å². The van der Waals surface area contributed by atoms with Gasteiger partial charge in [-0.2, -0.15) is 0 Å². The minimum atomic E-state index is -4.72. The summed E-state index contributed by atoms with van der Waals surface area (Å²) in [4.78, 5) is 20.6. The van der Waals surface area contributed by atoms with Crippen molar-refractivity contribution < 1.29 is 22.7 Å². The van der Waals surface area contributed by atoms with Crippen molar-refractivity contribution in [3.8, 4) is 5.75 Å². The molecular formula is C24H26F3IN2O2S. The summed E-state index contributed by atoms with van der Waals surface area (Å²) in [5, 5.41) is 0. The quantitative estimate of drug-likeness (QED) is 0.213. The van der Waals surface area contributed by atoms with Crippen LogP contribution in [0, 0.1) is 10.8 Å². The zero-order chi connectivity index (χ0) is 23.9. The molecule has 178 valence electrons. The molecule has 0 N–H and O–H groups in total. The van der Waals surface area contributed by atoms with Crippen LogP contribution in [0.15, 0.2) is 47.4 Å². The zero-order valence-electron chi connectivity index (χ0n) is 18.5. The van der Waals surface area contributed by atoms with E-state index in [1.54, 1.807) is 12.1 Å². The van der Waals surface area contributed by atoms with Gasteiger partial charge in [0.15, 0.2) is 0 Å². The molecule has 1 aromatic carbocycles. The van der Waals surface area contributed by atoms with E-state index in [-0.39, 0.29) is 28.5 Å². The maximum Gasteiger partial charge on any atom is 0.573 e. The van der Waals surface area contributed by atoms with Gasteiger partial charge in [0.2, 0.25) is 0 Å². The number of hydrogen-bond donors (Lipinski definition) is 0. The monoisotopic (exact) mass is 590 g/mol. The first-order valence-corrected chi connectivity index (χ1v) is 13.3. The summed E-state index contributed by atoms with van der Waals surface area (Å²) in [7, 11) is 0. The normalized spacial score (nSPS) is 24.1. The summed E-state index contributed by atoms with van der Waals surface area (Å²) in [6.07, 6.45) is -1.54. The predicted octanol–water partition coefficient (Wildman–Crippen LogP) is 6.73. The first kappa shape index (κ1) is 24.6. The number of rotatable bonds is 6. The number of nitrogens with zero attached hydrogens (tertiary/aromatic N) is 2. The first-order chi connectivity index (χ1) is 15.5. The van der Waals surface area contributed by atoms with Crippen molar-refractivity contribution >= 4 is 40.3 Å². The third-order valence-corrected chi connectivity index (χ3v) is 8.90. The van der Waals surface area contributed by atoms with E-state index < -0.39 is 6.36 Å². The molecule has 1 saturated heterocycles. The number of thioether (sulfide) groups is 1. The smallest absolute Gasteiger partial charge is 0.406 e. The highest BCUT2D eigenvalue weighted by Crippen LogP contribution is 2.53. The molecule has 0 unspecified atom stereocenters. The van der Waals surface area contributed by atoms with Gasteiger partial charge in [0.1, 0.15) is 11.4 Å². The second kappa shape index (κ2) is 9.28. The maximum absolute atomic E-state index is 13.4. The molecule has 9 heteroatoms. The van der Waals surface area contributed by atoms with Crippen molar-refractivity contribution in [2.75, 3.05) is 11.0 Å². The molecule has 1 aromatic heterocycles. The lowest BCUT2D eigenvalue weighted by Crippen LogP contribution is -2.38. The Labute approximate surface area is 209 Å². The molecule has 0 spiro atoms. The number of fused-ring (bicyclic) bond motifs is 2. The molecule has 1 amide bonds. The summed E-state index contributed by atoms with van der Waals surface area (Å²) in [5.74, 6) is 0.151. The van der Waals surface area contributed by atoms with Crippen LogP contribution in [0.25, 0.3) is 0 Å². The third kappa shape index (κ3) is 5.96. The van der Waals surface area contributed by atoms with Gasteiger partial charge in [0.05, 0.1) is 5.69 Å². The summed E-state index contributed by atoms with van der Waals surface area (Å²) >= 11 is 3.80. The third-order valence-electron chi connectivity index (χ3n) is 6.25. The van der Waals surface area contributed by atoms with E-state index in [1.165, 1.54) is 30.0 Å². The zero-order valence-corrected chi connectivity index (χ0v) is 21.5. The topological polar surface area (TPSA) is 42.4 Å². The lowest BCUT2D eigenvalue weighted by molar-refractivity contribution is -0.274. The van der Waals surface area contributed by atoms with Gasteiger partial charge < -0.3 is 9.64 Å². The highest BCUT2D eigenvalue weighted by molar-refractivity contribution is 14.1. The largest absolute Gasteiger partial charge is 0.573 e. The lowest BCUT2D eigenvalue weighted by atomic mass is 9.65. The highest BCUT2D eigenvalue weighted by atomic mass is 127. The Morgan fingerprint density at radius 1 is 1.24 bits per heavy atom. The second-order valence-corrected chi connectivity index (χ2v) is 11.6. The van der Waals surface area contributed by atoms with Gasteiger partial charge in [0, 0.05) is 27.7 Å². The van der Waals surface area contributed by atoms with Gasteiger partial charge >= 0.3 is 6.36 Å². The van der Waals surface area contributed by atoms with Gasteiger partial charge in [-0.25, -0.2) is 4.98 Å². The van der Waals surface area contributed by atoms with Crippen molar-refractivity contribution in [2.24, 2.45) is 10.8 Å². The molecule has 2 fully saturated rings. The number of ether oxygens (including phenoxy) is 1. The number of amides is 1. The van der Waals surface area contributed by atoms with Gasteiger partial charge in [-0.15, -0.1) is 24.9 Å². The highest BCUT2D eigenvalue weighted by Gasteiger charge is 2.53. The lowest BCUT2D eigenvalue weighted by Gasteiger charge is -2.40. The Kier molecular flexibility index (Phi) is 6.93. The summed E-state index contributed by atoms with van der Waals surface area (Å²) in [5.41, 5.74) is 1.54. The second-order valence-electron chi connectivity index (χ2n) is 9.80. The van der Waals surface area contributed by atoms with E-state index >= 15 is 0 Å². The predicted molar refractivity (Wildman–Crippen MR) is 131 cm³/mol. The number of benzene rings is 1. The molecule has 1 saturated carbocycles. The van der Waals surface area contributed by atoms with Gasteiger partial charge in [-0.05, 0) is 60.4 Å². The van der Waals surface area contributed by atoms with Crippen LogP contribution in [0.5, 0.6) is 5.75 Å². The average Bonchev–Trinajstić information content (AvgIpc) is 3.02. The van der Waals surface area contributed by atoms with Crippen LogP contribution in [0.3, 0.4) is 0 Å². The molecular weight excluding hydrogens is 564 g/mol. The SMILES string of the molecule is CC1(C)C[C@@H]2C[C@@](CI)(CN2C(=O)c2cccc(CSc3cccc(OC(F)(F)F)c3)n2)C1. The van der Waals surface area contributed by atoms with Crippen LogP contribution < -0.4 is 4.74 Å². The summed E-state index contributed by atoms with van der Waals surface area (Å²) in [6.45, 7) is 5.35. The molecule has 2 heterocycles. The van der Waals surface area contributed by atoms with Crippen molar-refractivity contribution in [3.63, 3.8) is 0 Å². The minimum absolute atomic E-state index is 0.0307. The van der Waals surface area contributed by atoms with Gasteiger partial charge in [0.25, 0.3) is 5.91 Å². The number of hydrogen-bond acceptors (Lipinski definition) is 4. The van der Waals surface area contributed by atoms with E-state index in [1.807, 2.05) is 17.0 Å². The van der Waals surface area contributed by atoms with Crippen LogP contribution in [0.1, 0.15) is 49.3 Å². The molecule has 4 nitrogen and oxygen atoms in total. The van der Waals surface area contributed by atoms with Gasteiger partial charge in [-0.1, -0.05) is 48.6 Å². The molecule has 2 atom stereocenters. The summed E-state index contributed by atoms with van der Waals surface area (Å²) < 4.78 is 42.4. The number of carbonyl (C=O) groups excluding carboxylic acids is 1. The fourth-order valence-electron chi connectivity index (χ4n) is 5.33. The molecule has 1 aliphatic carbocycles. The van der Waals surface area contributed by atoms with Gasteiger partial charge in [-0.3, -0.25) is 4.79 Å². The fraction of sp³-hybridized carbons (Fsp3) is 0.500. The Bertz CT molecular complexity index is 1030. The van der Waals surface area contributed by atoms with E-state index in [2.05, 4.69) is 46.2 Å². The standard InChI is InChI=1S/C24H26F3IN2O2S/c1-22(2)10-17-11-23(13-22,14-28)15-30(17)21(31)20-8-3-5-16(29-20)12-33-19-7-4-6-18(9-19)32-24(25,26)27/h3-9,17H,10-15H2,1-2H3/t17-,23-/m1/s1. The molecule has 2 bridgehead atoms. The Morgan fingerprint density at radius 2 is 2.00 bits per heavy atom. The van der Waals surface area contributed by atoms with Crippen molar-refractivity contribution in [3.05, 3.63) is 53.9 Å². The van der Waals surface area contributed by atoms with Crippen LogP contribution in [-0.4, -0.2) is 39.2 Å². The molecule has 0 radical (unpaired) electrons. The molecule has 4 rings (SSSR count). The minimum Gasteiger partial charge on any atom is -0.406 e. The number of carbonyl (C=O) groups is 1. The van der Waals surface area contributed by atoms with Crippen LogP contribution in [-0.2, 0) is 5.75 Å². The Hall–Kier alpha value is -1.49. The van der Waals surface area contributed by atoms with E-state index in [9.17, 15) is 18.0 Å². The average molecular weight is 590 g/mol. The number of alkyl halides is 4. The van der Waals surface area contributed by atoms with Crippen LogP contribution >= 0.6 is 34.4 Å². The first-order valence-electron chi connectivity index (χ1n) is 10.8. The number of likely N-dealkylation sites (tertiary alicyclic amines) is 1. The van der Waals surface area contributed by atoms with Crippen LogP contribution in [0.4, 0.5) is 13.2 Å². The van der Waals surface area contributed by atoms with Crippen molar-refractivity contribution in [2.45, 2.75) is 56.2 Å². The molecule has 1 aliphatic heterocycles. The Balaban J connectivity index is 1.44. The number of pyridine rings is 1. The van der Waals surface area contributed by atoms with Crippen LogP contribution in [0.2, 0.25) is 0 Å². The summed E-state index contributed by atoms with van der Waals surface area (Å²) in [6, 6.07) is 11.5. The van der Waals surface area contributed by atoms with Crippen molar-refractivity contribution in [1.29, 1.82) is 0 Å². The molecule has 2 aliphatic rings. The number of aromatic nitrogens is 1. The van der Waals surface area contributed by atoms with E-state index in [4.69, 9.17) is 0 Å². The fourth-order valence-corrected chi connectivity index (χ4v) is 7.00. The number of halogens is 4. The van der Waals surface area contributed by atoms with E-state index in [0.717, 1.165) is 30.2 Å². The Morgan fingerprint density at radius 3 is 2.73 bits per heavy atom. The molecule has 33 heavy (non-hydrogen) atoms. The molecule has 2 aromatic rings. The van der Waals surface area contributed by atoms with Crippen molar-refractivity contribution in [1.82, 2.24) is 9.88 Å². The maximum atomic E-state index is 13.4.